The van der Waals surface area contributed by atoms with Gasteiger partial charge in [-0.15, -0.1) is 11.3 Å². The molecule has 6 nitrogen and oxygen atoms in total. The number of anilines is 1. The zero-order valence-electron chi connectivity index (χ0n) is 16.5. The summed E-state index contributed by atoms with van der Waals surface area (Å²) < 4.78 is 17.3. The number of hydrogen-bond acceptors (Lipinski definition) is 6. The highest BCUT2D eigenvalue weighted by Crippen LogP contribution is 2.44. The molecule has 0 radical (unpaired) electrons. The van der Waals surface area contributed by atoms with Crippen LogP contribution in [0, 0.1) is 0 Å². The Morgan fingerprint density at radius 2 is 1.76 bits per heavy atom. The summed E-state index contributed by atoms with van der Waals surface area (Å²) in [5, 5.41) is 32.3. The number of nitrogens with one attached hydrogen (secondary N) is 1. The van der Waals surface area contributed by atoms with Crippen LogP contribution in [0.4, 0.5) is 5.69 Å². The quantitative estimate of drug-likeness (QED) is 0.515. The van der Waals surface area contributed by atoms with Crippen molar-refractivity contribution in [3.63, 3.8) is 0 Å². The number of fused-ring (bicyclic) bond motifs is 2. The third kappa shape index (κ3) is 3.94. The molecule has 2 aromatic rings. The first-order valence-electron chi connectivity index (χ1n) is 9.73. The van der Waals surface area contributed by atoms with Crippen molar-refractivity contribution in [2.75, 3.05) is 5.32 Å². The van der Waals surface area contributed by atoms with Crippen molar-refractivity contribution in [2.45, 2.75) is 68.5 Å². The molecule has 2 aliphatic rings. The fourth-order valence-corrected chi connectivity index (χ4v) is 6.99. The molecular formula is C20H26ClN3O3S2. The van der Waals surface area contributed by atoms with Crippen molar-refractivity contribution in [3.8, 4) is 0 Å². The number of hydrogen-bond donors (Lipinski definition) is 4. The van der Waals surface area contributed by atoms with Gasteiger partial charge in [0, 0.05) is 10.7 Å². The Labute approximate surface area is 180 Å². The van der Waals surface area contributed by atoms with Crippen LogP contribution in [-0.4, -0.2) is 20.8 Å². The van der Waals surface area contributed by atoms with Gasteiger partial charge in [-0.3, -0.25) is 0 Å². The minimum absolute atomic E-state index is 0.321. The third-order valence-corrected chi connectivity index (χ3v) is 9.06. The van der Waals surface area contributed by atoms with Crippen molar-refractivity contribution in [2.24, 2.45) is 9.50 Å². The van der Waals surface area contributed by atoms with E-state index in [0.717, 1.165) is 82.8 Å². The second-order valence-corrected chi connectivity index (χ2v) is 11.6. The molecule has 2 atom stereocenters. The first-order valence-corrected chi connectivity index (χ1v) is 12.6. The van der Waals surface area contributed by atoms with Gasteiger partial charge >= 0.3 is 0 Å². The van der Waals surface area contributed by atoms with Gasteiger partial charge in [-0.1, -0.05) is 11.6 Å². The molecule has 0 bridgehead atoms. The molecule has 0 fully saturated rings. The zero-order chi connectivity index (χ0) is 21.0. The molecule has 1 heterocycles. The molecule has 9 heteroatoms. The molecular weight excluding hydrogens is 430 g/mol. The lowest BCUT2D eigenvalue weighted by Gasteiger charge is -2.20. The lowest BCUT2D eigenvalue weighted by molar-refractivity contribution is 0.0789. The summed E-state index contributed by atoms with van der Waals surface area (Å²) in [6.07, 6.45) is 4.32. The molecule has 5 N–H and O–H groups in total. The van der Waals surface area contributed by atoms with Crippen LogP contribution in [0.15, 0.2) is 20.0 Å². The maximum absolute atomic E-state index is 13.0. The minimum atomic E-state index is -3.31. The number of nitrogens with two attached hydrogens (primary N) is 1. The van der Waals surface area contributed by atoms with E-state index < -0.39 is 21.9 Å². The Morgan fingerprint density at radius 1 is 1.21 bits per heavy atom. The summed E-state index contributed by atoms with van der Waals surface area (Å²) in [4.78, 5) is 0. The predicted molar refractivity (Wildman–Crippen MR) is 118 cm³/mol. The van der Waals surface area contributed by atoms with E-state index in [1.807, 2.05) is 0 Å². The van der Waals surface area contributed by atoms with Gasteiger partial charge in [0.05, 0.1) is 5.60 Å². The summed E-state index contributed by atoms with van der Waals surface area (Å²) in [7, 11) is -3.31. The van der Waals surface area contributed by atoms with Crippen LogP contribution < -0.4 is 10.5 Å². The van der Waals surface area contributed by atoms with Crippen molar-refractivity contribution in [1.29, 1.82) is 0 Å². The SMILES string of the molecule is CC(C)(O)c1csc(S(N)(=O)=NC(O)Nc2c3c(c(Cl)c4c2CCC4)CCC3)c1. The van der Waals surface area contributed by atoms with Crippen LogP contribution in [0.1, 0.15) is 54.5 Å². The molecule has 158 valence electrons. The first-order chi connectivity index (χ1) is 13.6. The van der Waals surface area contributed by atoms with Gasteiger partial charge in [0.1, 0.15) is 14.1 Å². The van der Waals surface area contributed by atoms with Crippen LogP contribution in [0.2, 0.25) is 5.02 Å². The van der Waals surface area contributed by atoms with Crippen LogP contribution in [0.5, 0.6) is 0 Å². The number of aliphatic hydroxyl groups excluding tert-OH is 1. The van der Waals surface area contributed by atoms with Gasteiger partial charge in [-0.2, -0.15) is 4.36 Å². The number of benzene rings is 1. The highest BCUT2D eigenvalue weighted by atomic mass is 35.5. The Bertz CT molecular complexity index is 1050. The van der Waals surface area contributed by atoms with Gasteiger partial charge < -0.3 is 15.5 Å². The second kappa shape index (κ2) is 7.51. The van der Waals surface area contributed by atoms with Crippen molar-refractivity contribution >= 4 is 38.5 Å². The van der Waals surface area contributed by atoms with E-state index in [2.05, 4.69) is 9.68 Å². The molecule has 2 aliphatic carbocycles. The molecule has 29 heavy (non-hydrogen) atoms. The smallest absolute Gasteiger partial charge is 0.233 e. The first kappa shape index (κ1) is 21.1. The Balaban J connectivity index is 1.66. The molecule has 0 spiro atoms. The highest BCUT2D eigenvalue weighted by molar-refractivity contribution is 7.93. The normalized spacial score (nSPS) is 18.8. The number of aliphatic hydroxyl groups is 2. The summed E-state index contributed by atoms with van der Waals surface area (Å²) in [5.74, 6) is 0. The average Bonchev–Trinajstić information content (AvgIpc) is 3.37. The number of rotatable bonds is 5. The molecule has 0 saturated carbocycles. The van der Waals surface area contributed by atoms with Crippen molar-refractivity contribution in [1.82, 2.24) is 0 Å². The summed E-state index contributed by atoms with van der Waals surface area (Å²) in [5.41, 5.74) is 5.01. The number of thiophene rings is 1. The lowest BCUT2D eigenvalue weighted by atomic mass is 9.98. The van der Waals surface area contributed by atoms with E-state index in [-0.39, 0.29) is 0 Å². The zero-order valence-corrected chi connectivity index (χ0v) is 18.9. The van der Waals surface area contributed by atoms with Crippen LogP contribution >= 0.6 is 22.9 Å². The Morgan fingerprint density at radius 3 is 2.28 bits per heavy atom. The molecule has 4 rings (SSSR count). The largest absolute Gasteiger partial charge is 0.386 e. The van der Waals surface area contributed by atoms with E-state index in [1.165, 1.54) is 0 Å². The topological polar surface area (TPSA) is 108 Å². The number of nitrogens with zero attached hydrogens (tertiary/aromatic N) is 1. The van der Waals surface area contributed by atoms with Crippen molar-refractivity contribution in [3.05, 3.63) is 44.3 Å². The summed E-state index contributed by atoms with van der Waals surface area (Å²) in [6.45, 7) is 3.29. The predicted octanol–water partition coefficient (Wildman–Crippen LogP) is 3.69. The van der Waals surface area contributed by atoms with E-state index in [9.17, 15) is 14.4 Å². The third-order valence-electron chi connectivity index (χ3n) is 5.67. The second-order valence-electron chi connectivity index (χ2n) is 8.22. The molecule has 2 unspecified atom stereocenters. The van der Waals surface area contributed by atoms with Gasteiger partial charge in [-0.25, -0.2) is 9.35 Å². The lowest BCUT2D eigenvalue weighted by Crippen LogP contribution is -2.23. The van der Waals surface area contributed by atoms with Gasteiger partial charge in [0.2, 0.25) is 6.35 Å². The number of halogens is 1. The maximum atomic E-state index is 13.0. The molecule has 1 aromatic carbocycles. The van der Waals surface area contributed by atoms with Crippen LogP contribution in [0.3, 0.4) is 0 Å². The van der Waals surface area contributed by atoms with Gasteiger partial charge in [-0.05, 0) is 91.6 Å². The van der Waals surface area contributed by atoms with E-state index in [4.69, 9.17) is 16.7 Å². The van der Waals surface area contributed by atoms with E-state index >= 15 is 0 Å². The fraction of sp³-hybridized carbons (Fsp3) is 0.500. The van der Waals surface area contributed by atoms with Crippen molar-refractivity contribution < 1.29 is 14.4 Å². The van der Waals surface area contributed by atoms with E-state index in [0.29, 0.717) is 9.77 Å². The van der Waals surface area contributed by atoms with Gasteiger partial charge in [0.15, 0.2) is 0 Å². The Hall–Kier alpha value is -1.16. The summed E-state index contributed by atoms with van der Waals surface area (Å²) in [6, 6.07) is 1.58. The average molecular weight is 456 g/mol. The monoisotopic (exact) mass is 455 g/mol. The van der Waals surface area contributed by atoms with Crippen LogP contribution in [-0.2, 0) is 41.2 Å². The maximum Gasteiger partial charge on any atom is 0.233 e. The molecule has 0 aliphatic heterocycles. The Kier molecular flexibility index (Phi) is 5.46. The van der Waals surface area contributed by atoms with Gasteiger partial charge in [0.25, 0.3) is 0 Å². The molecule has 0 amide bonds. The van der Waals surface area contributed by atoms with E-state index in [1.54, 1.807) is 25.3 Å². The fourth-order valence-electron chi connectivity index (χ4n) is 4.21. The molecule has 0 saturated heterocycles. The standard InChI is InChI=1S/C20H26ClN3O3S2/c1-20(2,26)11-9-16(28-10-11)29(22,27)24-19(25)23-18-14-7-3-5-12(14)17(21)13-6-4-8-15(13)18/h9-10,19,23,25-26H,3-8H2,1-2H3,(H2,22,24,27). The highest BCUT2D eigenvalue weighted by Gasteiger charge is 2.29. The van der Waals surface area contributed by atoms with Crippen LogP contribution in [0.25, 0.3) is 0 Å². The summed E-state index contributed by atoms with van der Waals surface area (Å²) >= 11 is 7.80. The minimum Gasteiger partial charge on any atom is -0.386 e. The molecule has 1 aromatic heterocycles.